The molecule has 0 aliphatic carbocycles. The molecule has 0 aromatic carbocycles. The fourth-order valence-corrected chi connectivity index (χ4v) is 0. The summed E-state index contributed by atoms with van der Waals surface area (Å²) >= 11 is 0. The Hall–Kier alpha value is 3.60. The van der Waals surface area contributed by atoms with Crippen molar-refractivity contribution in [1.82, 2.24) is 0 Å². The van der Waals surface area contributed by atoms with Crippen molar-refractivity contribution in [2.45, 2.75) is 0 Å². The second-order valence-electron chi connectivity index (χ2n) is 0. The van der Waals surface area contributed by atoms with Gasteiger partial charge in [-0.05, 0) is 0 Å². The van der Waals surface area contributed by atoms with Crippen LogP contribution in [0.4, 0.5) is 0 Å². The maximum absolute atomic E-state index is 0. The summed E-state index contributed by atoms with van der Waals surface area (Å²) in [7, 11) is 0. The molecule has 0 fully saturated rings. The zero-order valence-electron chi connectivity index (χ0n) is 0.931. The van der Waals surface area contributed by atoms with Crippen LogP contribution in [-0.4, -0.2) is 37.2 Å². The minimum absolute atomic E-state index is 0. The van der Waals surface area contributed by atoms with E-state index in [1.54, 1.807) is 0 Å². The fraction of sp³-hybridized carbons (Fsp3) is 0. The van der Waals surface area contributed by atoms with Crippen LogP contribution in [0.5, 0.6) is 0 Å². The SMILES string of the molecule is [AlH3].[GaH3].[Gd].[Y]. The molecule has 0 aromatic heterocycles. The third-order valence-electron chi connectivity index (χ3n) is 0. The summed E-state index contributed by atoms with van der Waals surface area (Å²) in [6.07, 6.45) is 0. The number of rotatable bonds is 0. The molecule has 1 radical (unpaired) electrons. The van der Waals surface area contributed by atoms with Crippen molar-refractivity contribution in [3.63, 3.8) is 0 Å². The van der Waals surface area contributed by atoms with Gasteiger partial charge in [0, 0.05) is 72.6 Å². The minimum Gasteiger partial charge on any atom is 0 e. The van der Waals surface area contributed by atoms with Crippen LogP contribution in [0.25, 0.3) is 0 Å². The molecule has 0 saturated heterocycles. The first-order valence-electron chi connectivity index (χ1n) is 0. The van der Waals surface area contributed by atoms with Gasteiger partial charge in [0.25, 0.3) is 0 Å². The minimum atomic E-state index is 0. The molecule has 0 N–H and O–H groups in total. The van der Waals surface area contributed by atoms with Gasteiger partial charge in [-0.1, -0.05) is 0 Å². The molecular formula is H6AlGaGdY. The molecule has 0 amide bonds. The van der Waals surface area contributed by atoms with Gasteiger partial charge in [-0.25, -0.2) is 0 Å². The van der Waals surface area contributed by atoms with Gasteiger partial charge in [0.15, 0.2) is 17.4 Å². The Morgan fingerprint density at radius 2 is 1.00 bits per heavy atom. The summed E-state index contributed by atoms with van der Waals surface area (Å²) in [5, 5.41) is 0. The third kappa shape index (κ3) is 9.14. The number of hydrogen-bond donors (Lipinski definition) is 0. The molecule has 0 spiro atoms. The molecule has 0 bridgehead atoms. The van der Waals surface area contributed by atoms with Crippen molar-refractivity contribution in [2.75, 3.05) is 0 Å². The van der Waals surface area contributed by atoms with Crippen LogP contribution in [0.2, 0.25) is 0 Å². The van der Waals surface area contributed by atoms with E-state index in [1.165, 1.54) is 0 Å². The van der Waals surface area contributed by atoms with Crippen LogP contribution >= 0.6 is 0 Å². The summed E-state index contributed by atoms with van der Waals surface area (Å²) in [6.45, 7) is 0. The maximum atomic E-state index is 0. The molecule has 0 unspecified atom stereocenters. The molecule has 0 rings (SSSR count). The van der Waals surface area contributed by atoms with Gasteiger partial charge in [0.2, 0.25) is 0 Å². The predicted molar refractivity (Wildman–Crippen MR) is 19.9 cm³/mol. The molecule has 0 nitrogen and oxygen atoms in total. The van der Waals surface area contributed by atoms with E-state index in [9.17, 15) is 0 Å². The molecule has 0 aliphatic heterocycles. The first-order valence-corrected chi connectivity index (χ1v) is 0. The Kier molecular flexibility index (Phi) is 102. The molecule has 4 heavy (non-hydrogen) atoms. The Morgan fingerprint density at radius 1 is 1.00 bits per heavy atom. The molecular weight excluding hydrogens is 343 g/mol. The normalized spacial score (nSPS) is 0. The van der Waals surface area contributed by atoms with Crippen molar-refractivity contribution in [3.8, 4) is 0 Å². The monoisotopic (exact) mass is 349 g/mol. The van der Waals surface area contributed by atoms with E-state index in [-0.39, 0.29) is 110 Å². The van der Waals surface area contributed by atoms with Gasteiger partial charge in [0.05, 0.1) is 0 Å². The molecule has 0 atom stereocenters. The van der Waals surface area contributed by atoms with Gasteiger partial charge < -0.3 is 0 Å². The van der Waals surface area contributed by atoms with Crippen LogP contribution in [0.1, 0.15) is 0 Å². The summed E-state index contributed by atoms with van der Waals surface area (Å²) < 4.78 is 0. The topological polar surface area (TPSA) is 0 Å². The quantitative estimate of drug-likeness (QED) is 0.429. The fourth-order valence-electron chi connectivity index (χ4n) is 0. The van der Waals surface area contributed by atoms with Gasteiger partial charge in [-0.15, -0.1) is 0 Å². The van der Waals surface area contributed by atoms with E-state index in [0.717, 1.165) is 0 Å². The average Bonchev–Trinajstić information content (AvgIpc) is 0. The second kappa shape index (κ2) is 16.0. The molecule has 0 saturated carbocycles. The summed E-state index contributed by atoms with van der Waals surface area (Å²) in [4.78, 5) is 0. The van der Waals surface area contributed by atoms with Gasteiger partial charge in [-0.3, -0.25) is 0 Å². The van der Waals surface area contributed by atoms with Crippen LogP contribution in [-0.2, 0) is 32.7 Å². The zero-order valence-corrected chi connectivity index (χ0v) is 6.04. The van der Waals surface area contributed by atoms with E-state index in [4.69, 9.17) is 0 Å². The van der Waals surface area contributed by atoms with E-state index >= 15 is 0 Å². The van der Waals surface area contributed by atoms with Crippen LogP contribution < -0.4 is 0 Å². The molecule has 0 aromatic rings. The molecule has 4 heteroatoms. The largest absolute Gasteiger partial charge is 0 e. The Balaban J connectivity index is 0. The maximum Gasteiger partial charge on any atom is 0 e. The van der Waals surface area contributed by atoms with Crippen LogP contribution in [0, 0.1) is 39.9 Å². The predicted octanol–water partition coefficient (Wildman–Crippen LogP) is -2.37. The van der Waals surface area contributed by atoms with E-state index in [2.05, 4.69) is 0 Å². The van der Waals surface area contributed by atoms with Crippen molar-refractivity contribution in [2.24, 2.45) is 0 Å². The van der Waals surface area contributed by atoms with Gasteiger partial charge in [-0.2, -0.15) is 0 Å². The first-order chi connectivity index (χ1) is 0. The standard InChI is InChI=1S/Al.Ga.Gd.Y.6H. The summed E-state index contributed by atoms with van der Waals surface area (Å²) in [5.41, 5.74) is 0. The van der Waals surface area contributed by atoms with Crippen LogP contribution in [0.15, 0.2) is 0 Å². The van der Waals surface area contributed by atoms with Gasteiger partial charge >= 0.3 is 19.8 Å². The summed E-state index contributed by atoms with van der Waals surface area (Å²) in [5.74, 6) is 0. The van der Waals surface area contributed by atoms with Crippen molar-refractivity contribution < 1.29 is 72.6 Å². The van der Waals surface area contributed by atoms with Crippen molar-refractivity contribution in [1.29, 1.82) is 0 Å². The first kappa shape index (κ1) is 25.6. The second-order valence-corrected chi connectivity index (χ2v) is 0. The summed E-state index contributed by atoms with van der Waals surface area (Å²) in [6, 6.07) is 0. The zero-order chi connectivity index (χ0) is 0. The average molecular weight is 349 g/mol. The Labute approximate surface area is 107 Å². The van der Waals surface area contributed by atoms with Gasteiger partial charge in [0.1, 0.15) is 0 Å². The molecule has 0 aliphatic rings. The Morgan fingerprint density at radius 3 is 1.00 bits per heavy atom. The van der Waals surface area contributed by atoms with E-state index in [1.807, 2.05) is 0 Å². The third-order valence-corrected chi connectivity index (χ3v) is 0. The van der Waals surface area contributed by atoms with Crippen molar-refractivity contribution >= 4 is 37.2 Å². The van der Waals surface area contributed by atoms with Crippen molar-refractivity contribution in [3.05, 3.63) is 0 Å². The number of hydrogen-bond acceptors (Lipinski definition) is 0. The van der Waals surface area contributed by atoms with Crippen LogP contribution in [0.3, 0.4) is 0 Å². The van der Waals surface area contributed by atoms with E-state index < -0.39 is 0 Å². The van der Waals surface area contributed by atoms with E-state index in [0.29, 0.717) is 0 Å². The smallest absolute Gasteiger partial charge is 0 e. The Bertz CT molecular complexity index is 8.00. The molecule has 23 valence electrons. The molecule has 0 heterocycles.